The van der Waals surface area contributed by atoms with E-state index in [0.29, 0.717) is 5.82 Å². The lowest BCUT2D eigenvalue weighted by atomic mass is 9.99. The molecule has 23 heavy (non-hydrogen) atoms. The number of nitrogens with zero attached hydrogens (tertiary/aromatic N) is 4. The summed E-state index contributed by atoms with van der Waals surface area (Å²) in [6.07, 6.45) is -4.15. The van der Waals surface area contributed by atoms with Crippen molar-refractivity contribution >= 4 is 11.9 Å². The molecule has 2 aliphatic heterocycles. The van der Waals surface area contributed by atoms with Crippen LogP contribution in [0, 0.1) is 5.92 Å². The van der Waals surface area contributed by atoms with Gasteiger partial charge >= 0.3 is 12.2 Å². The predicted molar refractivity (Wildman–Crippen MR) is 71.0 cm³/mol. The van der Waals surface area contributed by atoms with Crippen LogP contribution >= 0.6 is 0 Å². The van der Waals surface area contributed by atoms with Gasteiger partial charge in [0.2, 0.25) is 0 Å². The summed E-state index contributed by atoms with van der Waals surface area (Å²) in [5.41, 5.74) is -1.03. The van der Waals surface area contributed by atoms with Crippen molar-refractivity contribution in [2.75, 3.05) is 0 Å². The van der Waals surface area contributed by atoms with Crippen molar-refractivity contribution in [1.29, 1.82) is 0 Å². The molecule has 1 atom stereocenters. The van der Waals surface area contributed by atoms with E-state index in [1.54, 1.807) is 13.8 Å². The Balaban J connectivity index is 1.83. The third-order valence-corrected chi connectivity index (χ3v) is 4.23. The average Bonchev–Trinajstić information content (AvgIpc) is 2.92. The Morgan fingerprint density at radius 3 is 2.57 bits per heavy atom. The number of alkyl halides is 3. The Morgan fingerprint density at radius 2 is 2.00 bits per heavy atom. The van der Waals surface area contributed by atoms with E-state index in [9.17, 15) is 22.8 Å². The second-order valence-corrected chi connectivity index (χ2v) is 6.37. The van der Waals surface area contributed by atoms with Crippen molar-refractivity contribution in [3.8, 4) is 0 Å². The lowest BCUT2D eigenvalue weighted by Gasteiger charge is -2.26. The molecule has 0 spiro atoms. The van der Waals surface area contributed by atoms with Crippen molar-refractivity contribution in [2.45, 2.75) is 51.5 Å². The summed E-state index contributed by atoms with van der Waals surface area (Å²) in [5, 5.41) is 10.3. The predicted octanol–water partition coefficient (Wildman–Crippen LogP) is 1.23. The van der Waals surface area contributed by atoms with Crippen LogP contribution in [0.4, 0.5) is 18.0 Å². The number of fused-ring (bicyclic) bond motifs is 1. The largest absolute Gasteiger partial charge is 0.393 e. The molecule has 0 aromatic carbocycles. The summed E-state index contributed by atoms with van der Waals surface area (Å²) >= 11 is 0. The van der Waals surface area contributed by atoms with Crippen LogP contribution in [0.2, 0.25) is 0 Å². The number of urea groups is 1. The fraction of sp³-hybridized carbons (Fsp3) is 0.692. The molecule has 0 aliphatic carbocycles. The first kappa shape index (κ1) is 15.8. The molecule has 1 N–H and O–H groups in total. The monoisotopic (exact) mass is 331 g/mol. The van der Waals surface area contributed by atoms with Crippen LogP contribution in [0.15, 0.2) is 0 Å². The van der Waals surface area contributed by atoms with E-state index in [1.165, 1.54) is 4.57 Å². The van der Waals surface area contributed by atoms with Crippen LogP contribution < -0.4 is 5.32 Å². The number of hydrogen-bond acceptors (Lipinski definition) is 4. The number of hydrogen-bond donors (Lipinski definition) is 1. The van der Waals surface area contributed by atoms with Gasteiger partial charge in [0, 0.05) is 13.0 Å². The Bertz CT molecular complexity index is 667. The number of amides is 3. The fourth-order valence-electron chi connectivity index (χ4n) is 2.87. The van der Waals surface area contributed by atoms with Gasteiger partial charge in [0.25, 0.3) is 5.91 Å². The number of carbonyl (C=O) groups excluding carboxylic acids is 2. The first-order valence-electron chi connectivity index (χ1n) is 7.21. The molecule has 1 aromatic rings. The summed E-state index contributed by atoms with van der Waals surface area (Å²) < 4.78 is 40.1. The minimum atomic E-state index is -4.29. The molecular weight excluding hydrogens is 315 g/mol. The smallest absolute Gasteiger partial charge is 0.324 e. The molecule has 3 rings (SSSR count). The van der Waals surface area contributed by atoms with Crippen LogP contribution in [0.25, 0.3) is 0 Å². The van der Waals surface area contributed by atoms with Crippen LogP contribution in [0.1, 0.15) is 31.9 Å². The first-order chi connectivity index (χ1) is 10.6. The number of imide groups is 1. The second kappa shape index (κ2) is 4.93. The summed E-state index contributed by atoms with van der Waals surface area (Å²) in [4.78, 5) is 25.0. The molecule has 1 unspecified atom stereocenters. The van der Waals surface area contributed by atoms with E-state index in [1.807, 2.05) is 0 Å². The normalized spacial score (nSPS) is 23.9. The molecule has 0 bridgehead atoms. The second-order valence-electron chi connectivity index (χ2n) is 6.37. The molecular formula is C13H16F3N5O2. The third-order valence-electron chi connectivity index (χ3n) is 4.23. The molecule has 1 fully saturated rings. The van der Waals surface area contributed by atoms with Crippen molar-refractivity contribution in [3.05, 3.63) is 11.6 Å². The molecule has 0 saturated carbocycles. The maximum Gasteiger partial charge on any atom is 0.393 e. The van der Waals surface area contributed by atoms with Crippen molar-refractivity contribution in [1.82, 2.24) is 25.0 Å². The van der Waals surface area contributed by atoms with Gasteiger partial charge in [-0.15, -0.1) is 10.2 Å². The Kier molecular flexibility index (Phi) is 3.38. The molecule has 1 saturated heterocycles. The van der Waals surface area contributed by atoms with Gasteiger partial charge in [0.1, 0.15) is 11.4 Å². The average molecular weight is 331 g/mol. The SMILES string of the molecule is CC1(C)NC(=O)N(Cc2nnc3n2CC(C(F)(F)F)CC3)C1=O. The lowest BCUT2D eigenvalue weighted by molar-refractivity contribution is -0.182. The molecule has 2 aliphatic rings. The molecule has 126 valence electrons. The highest BCUT2D eigenvalue weighted by Gasteiger charge is 2.46. The third kappa shape index (κ3) is 2.66. The molecule has 1 aromatic heterocycles. The van der Waals surface area contributed by atoms with Crippen LogP contribution in [0.5, 0.6) is 0 Å². The summed E-state index contributed by atoms with van der Waals surface area (Å²) in [5.74, 6) is -1.27. The van der Waals surface area contributed by atoms with Gasteiger partial charge in [-0.05, 0) is 20.3 Å². The first-order valence-corrected chi connectivity index (χ1v) is 7.21. The zero-order valence-electron chi connectivity index (χ0n) is 12.6. The van der Waals surface area contributed by atoms with E-state index in [2.05, 4.69) is 15.5 Å². The van der Waals surface area contributed by atoms with Crippen LogP contribution in [0.3, 0.4) is 0 Å². The topological polar surface area (TPSA) is 80.1 Å². The van der Waals surface area contributed by atoms with Crippen molar-refractivity contribution in [2.24, 2.45) is 5.92 Å². The quantitative estimate of drug-likeness (QED) is 0.827. The van der Waals surface area contributed by atoms with Gasteiger partial charge in [-0.25, -0.2) is 4.79 Å². The zero-order chi connectivity index (χ0) is 17.0. The van der Waals surface area contributed by atoms with Gasteiger partial charge < -0.3 is 9.88 Å². The minimum absolute atomic E-state index is 0.0300. The van der Waals surface area contributed by atoms with Crippen LogP contribution in [-0.4, -0.2) is 43.3 Å². The number of aromatic nitrogens is 3. The van der Waals surface area contributed by atoms with E-state index >= 15 is 0 Å². The van der Waals surface area contributed by atoms with Gasteiger partial charge in [-0.3, -0.25) is 9.69 Å². The maximum absolute atomic E-state index is 12.9. The number of aryl methyl sites for hydroxylation is 1. The molecule has 7 nitrogen and oxygen atoms in total. The summed E-state index contributed by atoms with van der Waals surface area (Å²) in [6.45, 7) is 2.65. The fourth-order valence-corrected chi connectivity index (χ4v) is 2.87. The molecule has 3 amide bonds. The highest BCUT2D eigenvalue weighted by atomic mass is 19.4. The van der Waals surface area contributed by atoms with E-state index in [-0.39, 0.29) is 31.8 Å². The van der Waals surface area contributed by atoms with E-state index in [0.717, 1.165) is 4.90 Å². The zero-order valence-corrected chi connectivity index (χ0v) is 12.6. The van der Waals surface area contributed by atoms with Gasteiger partial charge in [-0.1, -0.05) is 0 Å². The molecule has 0 radical (unpaired) electrons. The molecule has 3 heterocycles. The standard InChI is InChI=1S/C13H16F3N5O2/c1-12(2)10(22)21(11(23)17-12)6-9-19-18-8-4-3-7(5-20(8)9)13(14,15)16/h7H,3-6H2,1-2H3,(H,17,23). The number of carbonyl (C=O) groups is 2. The number of halogens is 3. The molecule has 10 heteroatoms. The Morgan fingerprint density at radius 1 is 1.30 bits per heavy atom. The minimum Gasteiger partial charge on any atom is -0.324 e. The van der Waals surface area contributed by atoms with E-state index < -0.39 is 29.6 Å². The summed E-state index contributed by atoms with van der Waals surface area (Å²) in [6, 6.07) is -0.583. The van der Waals surface area contributed by atoms with Crippen molar-refractivity contribution in [3.63, 3.8) is 0 Å². The maximum atomic E-state index is 12.9. The lowest BCUT2D eigenvalue weighted by Crippen LogP contribution is -2.40. The van der Waals surface area contributed by atoms with Gasteiger partial charge in [0.15, 0.2) is 5.82 Å². The summed E-state index contributed by atoms with van der Waals surface area (Å²) in [7, 11) is 0. The Labute approximate surface area is 129 Å². The van der Waals surface area contributed by atoms with Gasteiger partial charge in [0.05, 0.1) is 12.5 Å². The highest BCUT2D eigenvalue weighted by Crippen LogP contribution is 2.34. The number of nitrogens with one attached hydrogen (secondary N) is 1. The highest BCUT2D eigenvalue weighted by molar-refractivity contribution is 6.06. The van der Waals surface area contributed by atoms with Gasteiger partial charge in [-0.2, -0.15) is 13.2 Å². The van der Waals surface area contributed by atoms with Crippen LogP contribution in [-0.2, 0) is 24.3 Å². The van der Waals surface area contributed by atoms with Crippen molar-refractivity contribution < 1.29 is 22.8 Å². The van der Waals surface area contributed by atoms with E-state index in [4.69, 9.17) is 0 Å². The Hall–Kier alpha value is -2.13. The number of rotatable bonds is 2.